The summed E-state index contributed by atoms with van der Waals surface area (Å²) in [5, 5.41) is 9.13. The van der Waals surface area contributed by atoms with Crippen LogP contribution in [0.25, 0.3) is 0 Å². The fraction of sp³-hybridized carbons (Fsp3) is 0.292. The Kier molecular flexibility index (Phi) is 7.48. The number of hydrogen-bond donors (Lipinski definition) is 3. The third-order valence-electron chi connectivity index (χ3n) is 6.11. The van der Waals surface area contributed by atoms with E-state index in [0.717, 1.165) is 11.1 Å². The van der Waals surface area contributed by atoms with Crippen LogP contribution in [-0.2, 0) is 16.4 Å². The number of carbonyl (C=O) groups excluding carboxylic acids is 1. The quantitative estimate of drug-likeness (QED) is 0.374. The molecule has 0 spiro atoms. The van der Waals surface area contributed by atoms with Gasteiger partial charge in [0.25, 0.3) is 5.91 Å². The van der Waals surface area contributed by atoms with Crippen molar-refractivity contribution in [3.05, 3.63) is 69.8 Å². The number of halogens is 1. The Hall–Kier alpha value is -3.22. The van der Waals surface area contributed by atoms with Gasteiger partial charge in [-0.1, -0.05) is 24.3 Å². The van der Waals surface area contributed by atoms with Crippen LogP contribution in [0.1, 0.15) is 27.5 Å². The van der Waals surface area contributed by atoms with Gasteiger partial charge in [-0.05, 0) is 51.7 Å². The number of nitrogens with zero attached hydrogens (tertiary/aromatic N) is 3. The average Bonchev–Trinajstić information content (AvgIpc) is 3.22. The molecule has 0 saturated carbocycles. The third kappa shape index (κ3) is 5.30. The maximum absolute atomic E-state index is 12.4. The first-order valence-electron chi connectivity index (χ1n) is 11.1. The van der Waals surface area contributed by atoms with Gasteiger partial charge < -0.3 is 20.7 Å². The van der Waals surface area contributed by atoms with Gasteiger partial charge in [-0.15, -0.1) is 0 Å². The number of likely N-dealkylation sites (N-methyl/N-ethyl adjacent to an activating group) is 1. The van der Waals surface area contributed by atoms with Crippen molar-refractivity contribution in [2.75, 3.05) is 38.1 Å². The largest absolute Gasteiger partial charge is 0.495 e. The number of sulfonamides is 1. The van der Waals surface area contributed by atoms with E-state index in [-0.39, 0.29) is 11.9 Å². The van der Waals surface area contributed by atoms with Crippen LogP contribution in [0.4, 0.5) is 17.5 Å². The van der Waals surface area contributed by atoms with Crippen LogP contribution < -0.4 is 20.7 Å². The lowest BCUT2D eigenvalue weighted by atomic mass is 10.1. The van der Waals surface area contributed by atoms with Crippen molar-refractivity contribution in [3.63, 3.8) is 0 Å². The molecule has 0 saturated heterocycles. The van der Waals surface area contributed by atoms with Gasteiger partial charge in [0.05, 0.1) is 35.6 Å². The number of rotatable bonds is 8. The smallest absolute Gasteiger partial charge is 0.251 e. The maximum Gasteiger partial charge on any atom is 0.251 e. The Balaban J connectivity index is 1.62. The Bertz CT molecular complexity index is 1400. The van der Waals surface area contributed by atoms with Crippen LogP contribution in [0, 0.1) is 0 Å². The van der Waals surface area contributed by atoms with Crippen LogP contribution in [-0.4, -0.2) is 62.1 Å². The van der Waals surface area contributed by atoms with E-state index in [1.165, 1.54) is 17.7 Å². The van der Waals surface area contributed by atoms with Crippen LogP contribution in [0.15, 0.2) is 53.1 Å². The molecule has 1 heterocycles. The summed E-state index contributed by atoms with van der Waals surface area (Å²) in [7, 11) is 1.23. The van der Waals surface area contributed by atoms with E-state index in [1.807, 2.05) is 24.3 Å². The molecule has 12 heteroatoms. The zero-order valence-electron chi connectivity index (χ0n) is 20.2. The number of amides is 1. The van der Waals surface area contributed by atoms with E-state index in [0.29, 0.717) is 39.7 Å². The molecule has 36 heavy (non-hydrogen) atoms. The summed E-state index contributed by atoms with van der Waals surface area (Å²) in [6.07, 6.45) is 3.45. The molecule has 0 bridgehead atoms. The molecule has 0 aliphatic heterocycles. The van der Waals surface area contributed by atoms with E-state index in [2.05, 4.69) is 41.8 Å². The van der Waals surface area contributed by atoms with E-state index >= 15 is 0 Å². The molecule has 4 rings (SSSR count). The van der Waals surface area contributed by atoms with E-state index in [1.54, 1.807) is 38.5 Å². The van der Waals surface area contributed by atoms with Crippen molar-refractivity contribution >= 4 is 49.3 Å². The highest BCUT2D eigenvalue weighted by atomic mass is 79.9. The number of fused-ring (bicyclic) bond motifs is 1. The van der Waals surface area contributed by atoms with Crippen LogP contribution >= 0.6 is 15.9 Å². The molecule has 0 unspecified atom stereocenters. The van der Waals surface area contributed by atoms with Gasteiger partial charge in [0, 0.05) is 25.9 Å². The van der Waals surface area contributed by atoms with Gasteiger partial charge in [0.1, 0.15) is 11.6 Å². The van der Waals surface area contributed by atoms with Crippen LogP contribution in [0.5, 0.6) is 5.75 Å². The second-order valence-corrected chi connectivity index (χ2v) is 11.3. The van der Waals surface area contributed by atoms with E-state index in [9.17, 15) is 13.2 Å². The minimum atomic E-state index is -3.44. The van der Waals surface area contributed by atoms with Crippen molar-refractivity contribution in [1.29, 1.82) is 0 Å². The predicted molar refractivity (Wildman–Crippen MR) is 142 cm³/mol. The summed E-state index contributed by atoms with van der Waals surface area (Å²) >= 11 is 3.50. The topological polar surface area (TPSA) is 126 Å². The van der Waals surface area contributed by atoms with Gasteiger partial charge in [0.15, 0.2) is 0 Å². The Morgan fingerprint density at radius 1 is 1.22 bits per heavy atom. The molecule has 3 aromatic rings. The summed E-state index contributed by atoms with van der Waals surface area (Å²) < 4.78 is 32.3. The van der Waals surface area contributed by atoms with E-state index in [4.69, 9.17) is 4.74 Å². The first kappa shape index (κ1) is 25.9. The van der Waals surface area contributed by atoms with Crippen molar-refractivity contribution < 1.29 is 17.9 Å². The number of anilines is 3. The second kappa shape index (κ2) is 10.4. The van der Waals surface area contributed by atoms with Gasteiger partial charge in [-0.2, -0.15) is 9.29 Å². The number of ether oxygens (including phenoxy) is 1. The summed E-state index contributed by atoms with van der Waals surface area (Å²) in [5.41, 5.74) is 3.09. The summed E-state index contributed by atoms with van der Waals surface area (Å²) in [6, 6.07) is 12.2. The first-order chi connectivity index (χ1) is 17.1. The number of methoxy groups -OCH3 is 1. The molecule has 3 N–H and O–H groups in total. The predicted octanol–water partition coefficient (Wildman–Crippen LogP) is 3.32. The monoisotopic (exact) mass is 574 g/mol. The van der Waals surface area contributed by atoms with Gasteiger partial charge in [-0.25, -0.2) is 13.4 Å². The Labute approximate surface area is 218 Å². The summed E-state index contributed by atoms with van der Waals surface area (Å²) in [4.78, 5) is 20.9. The lowest BCUT2D eigenvalue weighted by Gasteiger charge is -2.29. The summed E-state index contributed by atoms with van der Waals surface area (Å²) in [6.45, 7) is 0. The highest BCUT2D eigenvalue weighted by Crippen LogP contribution is 2.39. The molecule has 2 aromatic carbocycles. The molecule has 2 atom stereocenters. The fourth-order valence-corrected chi connectivity index (χ4v) is 5.24. The molecular formula is C24H27BrN6O4S. The second-order valence-electron chi connectivity index (χ2n) is 8.39. The van der Waals surface area contributed by atoms with Crippen molar-refractivity contribution in [2.45, 2.75) is 18.5 Å². The highest BCUT2D eigenvalue weighted by molar-refractivity contribution is 9.10. The number of hydrogen-bond acceptors (Lipinski definition) is 8. The standard InChI is InChI=1S/C24H27BrN6O4S/c1-26-23(32)15-9-10-18(20(12-15)35-3)29-24-27-13-17(25)22(30-24)28-19-11-14-7-5-6-8-16(14)21(19)31(2)36(4,33)34/h5-10,12-13,19,21H,11H2,1-4H3,(H,26,32)(H2,27,28,29,30)/t19-,21-/m1/s1. The van der Waals surface area contributed by atoms with Crippen LogP contribution in [0.2, 0.25) is 0 Å². The average molecular weight is 575 g/mol. The Morgan fingerprint density at radius 3 is 2.67 bits per heavy atom. The molecule has 190 valence electrons. The SMILES string of the molecule is CNC(=O)c1ccc(Nc2ncc(Br)c(N[C@@H]3Cc4ccccc4[C@H]3N(C)S(C)(=O)=O)n2)c(OC)c1. The third-order valence-corrected chi connectivity index (χ3v) is 7.97. The molecule has 0 radical (unpaired) electrons. The van der Waals surface area contributed by atoms with Gasteiger partial charge in [0.2, 0.25) is 16.0 Å². The van der Waals surface area contributed by atoms with Crippen molar-refractivity contribution in [2.24, 2.45) is 0 Å². The molecule has 0 fully saturated rings. The number of aromatic nitrogens is 2. The molecule has 1 aliphatic carbocycles. The van der Waals surface area contributed by atoms with Crippen molar-refractivity contribution in [1.82, 2.24) is 19.6 Å². The van der Waals surface area contributed by atoms with Gasteiger partial charge in [-0.3, -0.25) is 4.79 Å². The lowest BCUT2D eigenvalue weighted by molar-refractivity contribution is 0.0962. The minimum Gasteiger partial charge on any atom is -0.495 e. The fourth-order valence-electron chi connectivity index (χ4n) is 4.26. The van der Waals surface area contributed by atoms with Crippen LogP contribution in [0.3, 0.4) is 0 Å². The normalized spacial score (nSPS) is 16.9. The molecule has 1 amide bonds. The van der Waals surface area contributed by atoms with Crippen molar-refractivity contribution in [3.8, 4) is 5.75 Å². The molecular weight excluding hydrogens is 548 g/mol. The Morgan fingerprint density at radius 2 is 1.97 bits per heavy atom. The minimum absolute atomic E-state index is 0.225. The van der Waals surface area contributed by atoms with E-state index < -0.39 is 16.1 Å². The maximum atomic E-state index is 12.4. The number of benzene rings is 2. The highest BCUT2D eigenvalue weighted by Gasteiger charge is 2.38. The first-order valence-corrected chi connectivity index (χ1v) is 13.7. The van der Waals surface area contributed by atoms with Gasteiger partial charge >= 0.3 is 0 Å². The molecule has 1 aliphatic rings. The number of carbonyl (C=O) groups is 1. The zero-order valence-corrected chi connectivity index (χ0v) is 22.6. The molecule has 10 nitrogen and oxygen atoms in total. The lowest BCUT2D eigenvalue weighted by Crippen LogP contribution is -2.39. The zero-order chi connectivity index (χ0) is 26.0. The molecule has 1 aromatic heterocycles. The summed E-state index contributed by atoms with van der Waals surface area (Å²) in [5.74, 6) is 1.05. The number of nitrogens with one attached hydrogen (secondary N) is 3.